The van der Waals surface area contributed by atoms with Crippen LogP contribution in [0.3, 0.4) is 0 Å². The molecule has 1 rings (SSSR count). The van der Waals surface area contributed by atoms with Crippen molar-refractivity contribution in [3.63, 3.8) is 0 Å². The monoisotopic (exact) mass is 281 g/mol. The Bertz CT molecular complexity index is 417. The highest BCUT2D eigenvalue weighted by atomic mass is 16.3. The molecule has 0 radical (unpaired) electrons. The van der Waals surface area contributed by atoms with Crippen LogP contribution >= 0.6 is 0 Å². The Balaban J connectivity index is 2.27. The largest absolute Gasteiger partial charge is 0.469 e. The number of carbonyl (C=O) groups is 2. The van der Waals surface area contributed by atoms with Gasteiger partial charge in [-0.3, -0.25) is 10.1 Å². The summed E-state index contributed by atoms with van der Waals surface area (Å²) in [7, 11) is 0. The Morgan fingerprint density at radius 1 is 1.35 bits per heavy atom. The Morgan fingerprint density at radius 3 is 2.70 bits per heavy atom. The van der Waals surface area contributed by atoms with Gasteiger partial charge in [0.05, 0.1) is 12.3 Å². The maximum atomic E-state index is 11.7. The van der Waals surface area contributed by atoms with Crippen molar-refractivity contribution in [2.75, 3.05) is 6.54 Å². The predicted molar refractivity (Wildman–Crippen MR) is 76.3 cm³/mol. The second kappa shape index (κ2) is 8.37. The first kappa shape index (κ1) is 16.2. The van der Waals surface area contributed by atoms with E-state index in [2.05, 4.69) is 16.0 Å². The molecule has 3 amide bonds. The van der Waals surface area contributed by atoms with Gasteiger partial charge >= 0.3 is 6.03 Å². The average molecular weight is 281 g/mol. The van der Waals surface area contributed by atoms with E-state index in [-0.39, 0.29) is 11.9 Å². The van der Waals surface area contributed by atoms with Gasteiger partial charge in [-0.2, -0.15) is 0 Å². The van der Waals surface area contributed by atoms with E-state index in [0.29, 0.717) is 6.54 Å². The first-order valence-electron chi connectivity index (χ1n) is 6.90. The quantitative estimate of drug-likeness (QED) is 0.706. The summed E-state index contributed by atoms with van der Waals surface area (Å²) in [6, 6.07) is 3.04. The van der Waals surface area contributed by atoms with E-state index >= 15 is 0 Å². The summed E-state index contributed by atoms with van der Waals surface area (Å²) in [6.45, 7) is 6.01. The van der Waals surface area contributed by atoms with Gasteiger partial charge in [0.2, 0.25) is 5.91 Å². The molecule has 0 bridgehead atoms. The standard InChI is InChI=1S/C14H23N3O3/c1-4-15-14(19)17-13(18)11(3)16-10(2)7-8-12-6-5-9-20-12/h5-6,9-11,16H,4,7-8H2,1-3H3,(H2,15,17,18,19). The molecule has 0 aromatic carbocycles. The fourth-order valence-corrected chi connectivity index (χ4v) is 1.82. The SMILES string of the molecule is CCNC(=O)NC(=O)C(C)NC(C)CCc1ccco1. The number of furan rings is 1. The van der Waals surface area contributed by atoms with Crippen LogP contribution < -0.4 is 16.0 Å². The lowest BCUT2D eigenvalue weighted by Crippen LogP contribution is -2.50. The molecule has 3 N–H and O–H groups in total. The molecule has 1 aromatic heterocycles. The number of imide groups is 1. The van der Waals surface area contributed by atoms with E-state index in [4.69, 9.17) is 4.42 Å². The molecule has 0 fully saturated rings. The minimum Gasteiger partial charge on any atom is -0.469 e. The van der Waals surface area contributed by atoms with Gasteiger partial charge in [0.15, 0.2) is 0 Å². The summed E-state index contributed by atoms with van der Waals surface area (Å²) in [4.78, 5) is 23.0. The van der Waals surface area contributed by atoms with Crippen LogP contribution in [0.2, 0.25) is 0 Å². The molecular weight excluding hydrogens is 258 g/mol. The normalized spacial score (nSPS) is 13.6. The maximum absolute atomic E-state index is 11.7. The zero-order valence-corrected chi connectivity index (χ0v) is 12.2. The highest BCUT2D eigenvalue weighted by Crippen LogP contribution is 2.06. The fraction of sp³-hybridized carbons (Fsp3) is 0.571. The van der Waals surface area contributed by atoms with Crippen LogP contribution in [0.4, 0.5) is 4.79 Å². The molecule has 1 heterocycles. The van der Waals surface area contributed by atoms with Gasteiger partial charge in [0.25, 0.3) is 0 Å². The molecule has 0 aliphatic heterocycles. The van der Waals surface area contributed by atoms with Gasteiger partial charge in [-0.15, -0.1) is 0 Å². The number of nitrogens with one attached hydrogen (secondary N) is 3. The van der Waals surface area contributed by atoms with Crippen molar-refractivity contribution >= 4 is 11.9 Å². The third kappa shape index (κ3) is 5.88. The summed E-state index contributed by atoms with van der Waals surface area (Å²) in [5, 5.41) is 7.96. The molecule has 2 atom stereocenters. The third-order valence-corrected chi connectivity index (χ3v) is 2.91. The van der Waals surface area contributed by atoms with Crippen molar-refractivity contribution in [1.29, 1.82) is 0 Å². The van der Waals surface area contributed by atoms with E-state index in [9.17, 15) is 9.59 Å². The average Bonchev–Trinajstić information content (AvgIpc) is 2.89. The third-order valence-electron chi connectivity index (χ3n) is 2.91. The number of rotatable bonds is 7. The van der Waals surface area contributed by atoms with Crippen LogP contribution in [0.25, 0.3) is 0 Å². The molecule has 0 saturated heterocycles. The lowest BCUT2D eigenvalue weighted by atomic mass is 10.1. The van der Waals surface area contributed by atoms with Crippen molar-refractivity contribution in [2.24, 2.45) is 0 Å². The molecule has 0 saturated carbocycles. The van der Waals surface area contributed by atoms with Crippen LogP contribution in [0.5, 0.6) is 0 Å². The van der Waals surface area contributed by atoms with Gasteiger partial charge in [0.1, 0.15) is 5.76 Å². The van der Waals surface area contributed by atoms with E-state index in [1.54, 1.807) is 20.1 Å². The summed E-state index contributed by atoms with van der Waals surface area (Å²) < 4.78 is 5.26. The second-order valence-electron chi connectivity index (χ2n) is 4.76. The highest BCUT2D eigenvalue weighted by molar-refractivity contribution is 5.96. The smallest absolute Gasteiger partial charge is 0.321 e. The molecule has 2 unspecified atom stereocenters. The van der Waals surface area contributed by atoms with Gasteiger partial charge < -0.3 is 15.1 Å². The van der Waals surface area contributed by atoms with Crippen LogP contribution in [-0.2, 0) is 11.2 Å². The van der Waals surface area contributed by atoms with Crippen LogP contribution in [0.15, 0.2) is 22.8 Å². The molecular formula is C14H23N3O3. The number of aryl methyl sites for hydroxylation is 1. The Kier molecular flexibility index (Phi) is 6.79. The lowest BCUT2D eigenvalue weighted by molar-refractivity contribution is -0.121. The lowest BCUT2D eigenvalue weighted by Gasteiger charge is -2.19. The zero-order chi connectivity index (χ0) is 15.0. The van der Waals surface area contributed by atoms with Crippen LogP contribution in [-0.4, -0.2) is 30.6 Å². The number of carbonyl (C=O) groups excluding carboxylic acids is 2. The van der Waals surface area contributed by atoms with Crippen molar-refractivity contribution in [1.82, 2.24) is 16.0 Å². The van der Waals surface area contributed by atoms with Gasteiger partial charge in [-0.1, -0.05) is 0 Å². The first-order valence-corrected chi connectivity index (χ1v) is 6.90. The molecule has 20 heavy (non-hydrogen) atoms. The number of amides is 3. The van der Waals surface area contributed by atoms with E-state index in [1.807, 2.05) is 19.1 Å². The van der Waals surface area contributed by atoms with E-state index in [0.717, 1.165) is 18.6 Å². The summed E-state index contributed by atoms with van der Waals surface area (Å²) in [6.07, 6.45) is 3.31. The maximum Gasteiger partial charge on any atom is 0.321 e. The molecule has 0 aliphatic rings. The summed E-state index contributed by atoms with van der Waals surface area (Å²) in [5.74, 6) is 0.596. The van der Waals surface area contributed by atoms with Gasteiger partial charge in [-0.05, 0) is 39.3 Å². The zero-order valence-electron chi connectivity index (χ0n) is 12.2. The molecule has 112 valence electrons. The predicted octanol–water partition coefficient (Wildman–Crippen LogP) is 1.42. The van der Waals surface area contributed by atoms with Crippen LogP contribution in [0.1, 0.15) is 33.0 Å². The van der Waals surface area contributed by atoms with Crippen molar-refractivity contribution in [2.45, 2.75) is 45.7 Å². The Labute approximate surface area is 119 Å². The molecule has 0 spiro atoms. The van der Waals surface area contributed by atoms with Gasteiger partial charge in [0, 0.05) is 19.0 Å². The van der Waals surface area contributed by atoms with Crippen molar-refractivity contribution < 1.29 is 14.0 Å². The fourth-order valence-electron chi connectivity index (χ4n) is 1.82. The molecule has 0 aliphatic carbocycles. The Hall–Kier alpha value is -1.82. The molecule has 6 heteroatoms. The molecule has 6 nitrogen and oxygen atoms in total. The summed E-state index contributed by atoms with van der Waals surface area (Å²) >= 11 is 0. The van der Waals surface area contributed by atoms with Crippen molar-refractivity contribution in [3.8, 4) is 0 Å². The topological polar surface area (TPSA) is 83.4 Å². The van der Waals surface area contributed by atoms with Crippen molar-refractivity contribution in [3.05, 3.63) is 24.2 Å². The number of urea groups is 1. The van der Waals surface area contributed by atoms with Crippen LogP contribution in [0, 0.1) is 0 Å². The number of hydrogen-bond acceptors (Lipinski definition) is 4. The van der Waals surface area contributed by atoms with Gasteiger partial charge in [-0.25, -0.2) is 4.79 Å². The highest BCUT2D eigenvalue weighted by Gasteiger charge is 2.17. The van der Waals surface area contributed by atoms with E-state index in [1.165, 1.54) is 0 Å². The first-order chi connectivity index (χ1) is 9.52. The minimum absolute atomic E-state index is 0.148. The second-order valence-corrected chi connectivity index (χ2v) is 4.76. The van der Waals surface area contributed by atoms with E-state index < -0.39 is 12.1 Å². The molecule has 1 aromatic rings. The number of hydrogen-bond donors (Lipinski definition) is 3. The Morgan fingerprint density at radius 2 is 2.10 bits per heavy atom. The summed E-state index contributed by atoms with van der Waals surface area (Å²) in [5.41, 5.74) is 0. The minimum atomic E-state index is -0.464.